The van der Waals surface area contributed by atoms with E-state index in [-0.39, 0.29) is 24.0 Å². The topological polar surface area (TPSA) is 40.1 Å². The Bertz CT molecular complexity index is 676. The number of ether oxygens (including phenoxy) is 1. The Kier molecular flexibility index (Phi) is 7.34. The van der Waals surface area contributed by atoms with Crippen molar-refractivity contribution in [2.75, 3.05) is 51.3 Å². The molecule has 2 aliphatic heterocycles. The first-order chi connectivity index (χ1) is 13.2. The minimum atomic E-state index is 0. The Morgan fingerprint density at radius 2 is 2.07 bits per heavy atom. The number of aliphatic imine (C=N–C) groups is 1. The van der Waals surface area contributed by atoms with Crippen LogP contribution in [0.2, 0.25) is 0 Å². The van der Waals surface area contributed by atoms with Crippen molar-refractivity contribution in [1.29, 1.82) is 0 Å². The van der Waals surface area contributed by atoms with Crippen molar-refractivity contribution in [2.24, 2.45) is 16.3 Å². The molecule has 2 saturated heterocycles. The molecule has 28 heavy (non-hydrogen) atoms. The minimum absolute atomic E-state index is 0. The zero-order valence-electron chi connectivity index (χ0n) is 17.3. The number of likely N-dealkylation sites (tertiary alicyclic amines) is 1. The van der Waals surface area contributed by atoms with Crippen LogP contribution in [0.5, 0.6) is 5.75 Å². The molecule has 2 heterocycles. The predicted octanol–water partition coefficient (Wildman–Crippen LogP) is 3.98. The standard InChI is InChI=1S/C22H34N4O.HI/c1-3-23-21(26-14-12-22(17-26)10-6-11-22)24-15-18-9-13-25(16-18)19-7-4-5-8-20(19)27-2;/h4-5,7-8,18H,3,6,9-17H2,1-2H3,(H,23,24);1H. The van der Waals surface area contributed by atoms with E-state index in [4.69, 9.17) is 9.73 Å². The molecule has 1 spiro atoms. The summed E-state index contributed by atoms with van der Waals surface area (Å²) >= 11 is 0. The first-order valence-corrected chi connectivity index (χ1v) is 10.6. The SMILES string of the molecule is CCNC(=NCC1CCN(c2ccccc2OC)C1)N1CCC2(CCC2)C1.I. The molecule has 1 N–H and O–H groups in total. The number of guanidine groups is 1. The highest BCUT2D eigenvalue weighted by atomic mass is 127. The van der Waals surface area contributed by atoms with Crippen LogP contribution < -0.4 is 15.0 Å². The fourth-order valence-corrected chi connectivity index (χ4v) is 4.93. The molecule has 6 heteroatoms. The van der Waals surface area contributed by atoms with Crippen LogP contribution in [0.15, 0.2) is 29.3 Å². The van der Waals surface area contributed by atoms with Crippen molar-refractivity contribution >= 4 is 35.6 Å². The van der Waals surface area contributed by atoms with Gasteiger partial charge in [-0.25, -0.2) is 0 Å². The number of benzene rings is 1. The van der Waals surface area contributed by atoms with Gasteiger partial charge in [-0.2, -0.15) is 0 Å². The maximum Gasteiger partial charge on any atom is 0.193 e. The fourth-order valence-electron chi connectivity index (χ4n) is 4.93. The maximum absolute atomic E-state index is 5.54. The molecule has 1 aromatic rings. The summed E-state index contributed by atoms with van der Waals surface area (Å²) < 4.78 is 5.54. The lowest BCUT2D eigenvalue weighted by atomic mass is 9.68. The van der Waals surface area contributed by atoms with Crippen LogP contribution in [0.1, 0.15) is 39.0 Å². The molecule has 1 saturated carbocycles. The van der Waals surface area contributed by atoms with Gasteiger partial charge in [0.1, 0.15) is 5.75 Å². The molecule has 0 aromatic heterocycles. The summed E-state index contributed by atoms with van der Waals surface area (Å²) in [5.74, 6) is 2.72. The van der Waals surface area contributed by atoms with Crippen LogP contribution in [0.3, 0.4) is 0 Å². The number of anilines is 1. The van der Waals surface area contributed by atoms with Crippen LogP contribution in [-0.4, -0.2) is 57.2 Å². The third-order valence-corrected chi connectivity index (χ3v) is 6.70. The highest BCUT2D eigenvalue weighted by Crippen LogP contribution is 2.47. The van der Waals surface area contributed by atoms with E-state index in [1.165, 1.54) is 50.9 Å². The van der Waals surface area contributed by atoms with Crippen LogP contribution in [-0.2, 0) is 0 Å². The van der Waals surface area contributed by atoms with Gasteiger partial charge in [0.15, 0.2) is 5.96 Å². The molecule has 1 aliphatic carbocycles. The number of hydrogen-bond acceptors (Lipinski definition) is 3. The van der Waals surface area contributed by atoms with E-state index >= 15 is 0 Å². The predicted molar refractivity (Wildman–Crippen MR) is 127 cm³/mol. The molecule has 1 aromatic carbocycles. The molecule has 0 bridgehead atoms. The lowest BCUT2D eigenvalue weighted by Gasteiger charge is -2.38. The van der Waals surface area contributed by atoms with Gasteiger partial charge in [-0.1, -0.05) is 18.6 Å². The summed E-state index contributed by atoms with van der Waals surface area (Å²) in [6.45, 7) is 8.55. The maximum atomic E-state index is 5.54. The monoisotopic (exact) mass is 498 g/mol. The van der Waals surface area contributed by atoms with Gasteiger partial charge in [0, 0.05) is 39.3 Å². The highest BCUT2D eigenvalue weighted by molar-refractivity contribution is 14.0. The molecule has 3 aliphatic rings. The van der Waals surface area contributed by atoms with E-state index in [1.54, 1.807) is 7.11 Å². The normalized spacial score (nSPS) is 23.5. The minimum Gasteiger partial charge on any atom is -0.495 e. The van der Waals surface area contributed by atoms with Gasteiger partial charge in [-0.15, -0.1) is 24.0 Å². The molecule has 0 radical (unpaired) electrons. The molecule has 1 unspecified atom stereocenters. The van der Waals surface area contributed by atoms with Crippen LogP contribution in [0, 0.1) is 11.3 Å². The van der Waals surface area contributed by atoms with E-state index in [2.05, 4.69) is 34.2 Å². The summed E-state index contributed by atoms with van der Waals surface area (Å²) in [5.41, 5.74) is 1.83. The Balaban J connectivity index is 0.00000225. The van der Waals surface area contributed by atoms with Crippen molar-refractivity contribution in [3.05, 3.63) is 24.3 Å². The largest absolute Gasteiger partial charge is 0.495 e. The second-order valence-electron chi connectivity index (χ2n) is 8.49. The summed E-state index contributed by atoms with van der Waals surface area (Å²) in [6.07, 6.45) is 6.80. The van der Waals surface area contributed by atoms with E-state index < -0.39 is 0 Å². The van der Waals surface area contributed by atoms with Crippen LogP contribution in [0.4, 0.5) is 5.69 Å². The van der Waals surface area contributed by atoms with E-state index in [9.17, 15) is 0 Å². The van der Waals surface area contributed by atoms with Gasteiger partial charge in [0.05, 0.1) is 12.8 Å². The molecular weight excluding hydrogens is 463 g/mol. The summed E-state index contributed by atoms with van der Waals surface area (Å²) in [7, 11) is 1.75. The average Bonchev–Trinajstić information content (AvgIpc) is 3.32. The Morgan fingerprint density at radius 1 is 1.25 bits per heavy atom. The number of hydrogen-bond donors (Lipinski definition) is 1. The first kappa shape index (κ1) is 21.5. The van der Waals surface area contributed by atoms with E-state index in [0.29, 0.717) is 11.3 Å². The van der Waals surface area contributed by atoms with Crippen molar-refractivity contribution < 1.29 is 4.74 Å². The molecule has 3 fully saturated rings. The number of halogens is 1. The molecule has 156 valence electrons. The average molecular weight is 498 g/mol. The van der Waals surface area contributed by atoms with Gasteiger partial charge >= 0.3 is 0 Å². The molecule has 5 nitrogen and oxygen atoms in total. The van der Waals surface area contributed by atoms with Crippen LogP contribution >= 0.6 is 24.0 Å². The van der Waals surface area contributed by atoms with Gasteiger partial charge in [-0.3, -0.25) is 4.99 Å². The summed E-state index contributed by atoms with van der Waals surface area (Å²) in [6, 6.07) is 8.34. The van der Waals surface area contributed by atoms with Crippen molar-refractivity contribution in [2.45, 2.75) is 39.0 Å². The number of para-hydroxylation sites is 2. The smallest absolute Gasteiger partial charge is 0.193 e. The Labute approximate surface area is 186 Å². The lowest BCUT2D eigenvalue weighted by molar-refractivity contribution is 0.151. The molecular formula is C22H35IN4O. The van der Waals surface area contributed by atoms with Gasteiger partial charge < -0.3 is 19.9 Å². The number of nitrogens with one attached hydrogen (secondary N) is 1. The first-order valence-electron chi connectivity index (χ1n) is 10.6. The molecule has 0 amide bonds. The van der Waals surface area contributed by atoms with E-state index in [0.717, 1.165) is 37.9 Å². The second kappa shape index (κ2) is 9.55. The lowest BCUT2D eigenvalue weighted by Crippen LogP contribution is -2.42. The van der Waals surface area contributed by atoms with Gasteiger partial charge in [0.2, 0.25) is 0 Å². The highest BCUT2D eigenvalue weighted by Gasteiger charge is 2.43. The summed E-state index contributed by atoms with van der Waals surface area (Å²) in [5, 5.41) is 3.54. The van der Waals surface area contributed by atoms with E-state index in [1.807, 2.05) is 12.1 Å². The molecule has 4 rings (SSSR count). The van der Waals surface area contributed by atoms with Crippen molar-refractivity contribution in [1.82, 2.24) is 10.2 Å². The van der Waals surface area contributed by atoms with Crippen molar-refractivity contribution in [3.63, 3.8) is 0 Å². The zero-order valence-corrected chi connectivity index (χ0v) is 19.7. The van der Waals surface area contributed by atoms with Crippen LogP contribution in [0.25, 0.3) is 0 Å². The Hall–Kier alpha value is -1.18. The Morgan fingerprint density at radius 3 is 2.75 bits per heavy atom. The zero-order chi connectivity index (χ0) is 18.7. The third kappa shape index (κ3) is 4.52. The quantitative estimate of drug-likeness (QED) is 0.379. The summed E-state index contributed by atoms with van der Waals surface area (Å²) in [4.78, 5) is 10.0. The van der Waals surface area contributed by atoms with Gasteiger partial charge in [0.25, 0.3) is 0 Å². The van der Waals surface area contributed by atoms with Gasteiger partial charge in [-0.05, 0) is 56.1 Å². The number of rotatable bonds is 5. The number of methoxy groups -OCH3 is 1. The number of nitrogens with zero attached hydrogens (tertiary/aromatic N) is 3. The fraction of sp³-hybridized carbons (Fsp3) is 0.682. The second-order valence-corrected chi connectivity index (χ2v) is 8.49. The molecule has 1 atom stereocenters. The van der Waals surface area contributed by atoms with Crippen molar-refractivity contribution in [3.8, 4) is 5.75 Å². The third-order valence-electron chi connectivity index (χ3n) is 6.70.